The zero-order chi connectivity index (χ0) is 33.3. The van der Waals surface area contributed by atoms with Gasteiger partial charge in [0.2, 0.25) is 11.8 Å². The van der Waals surface area contributed by atoms with Crippen molar-refractivity contribution in [1.82, 2.24) is 10.2 Å². The fourth-order valence-electron chi connectivity index (χ4n) is 4.96. The summed E-state index contributed by atoms with van der Waals surface area (Å²) in [6.07, 6.45) is 0.944. The van der Waals surface area contributed by atoms with E-state index in [-0.39, 0.29) is 29.8 Å². The fraction of sp³-hybridized carbons (Fsp3) is 0.278. The molecule has 0 heterocycles. The molecule has 0 unspecified atom stereocenters. The second-order valence-corrected chi connectivity index (χ2v) is 14.0. The second kappa shape index (κ2) is 15.9. The van der Waals surface area contributed by atoms with Crippen molar-refractivity contribution in [2.24, 2.45) is 0 Å². The van der Waals surface area contributed by atoms with Gasteiger partial charge < -0.3 is 15.0 Å². The number of methoxy groups -OCH3 is 1. The number of anilines is 1. The summed E-state index contributed by atoms with van der Waals surface area (Å²) in [6.45, 7) is 5.29. The summed E-state index contributed by atoms with van der Waals surface area (Å²) < 4.78 is 35.5. The molecule has 0 radical (unpaired) electrons. The van der Waals surface area contributed by atoms with Gasteiger partial charge in [0.25, 0.3) is 10.0 Å². The van der Waals surface area contributed by atoms with Gasteiger partial charge in [-0.05, 0) is 73.9 Å². The van der Waals surface area contributed by atoms with E-state index in [9.17, 15) is 18.0 Å². The number of hydrogen-bond donors (Lipinski definition) is 1. The number of benzene rings is 4. The lowest BCUT2D eigenvalue weighted by Gasteiger charge is -2.34. The molecule has 4 rings (SSSR count). The molecule has 2 atom stereocenters. The van der Waals surface area contributed by atoms with E-state index < -0.39 is 28.5 Å². The zero-order valence-electron chi connectivity index (χ0n) is 26.5. The van der Waals surface area contributed by atoms with Gasteiger partial charge in [0.15, 0.2) is 0 Å². The molecule has 0 fully saturated rings. The van der Waals surface area contributed by atoms with Gasteiger partial charge in [-0.25, -0.2) is 8.42 Å². The first-order chi connectivity index (χ1) is 22.0. The van der Waals surface area contributed by atoms with E-state index in [0.29, 0.717) is 22.3 Å². The van der Waals surface area contributed by atoms with E-state index in [1.165, 1.54) is 17.0 Å². The minimum Gasteiger partial charge on any atom is -0.497 e. The second-order valence-electron chi connectivity index (χ2n) is 11.2. The molecule has 0 saturated heterocycles. The molecule has 0 bridgehead atoms. The van der Waals surface area contributed by atoms with Crippen LogP contribution in [0.1, 0.15) is 37.0 Å². The topological polar surface area (TPSA) is 96.0 Å². The first-order valence-corrected chi connectivity index (χ1v) is 17.4. The Bertz CT molecular complexity index is 1730. The number of carbonyl (C=O) groups is 2. The SMILES string of the molecule is CC[C@@H](C)NC(=O)[C@@H](Cc1ccccc1)N(Cc1cccc(OC)c1)C(=O)CN(c1cccc(Br)c1)S(=O)(=O)c1ccc(C)cc1. The molecule has 1 N–H and O–H groups in total. The van der Waals surface area contributed by atoms with Gasteiger partial charge in [-0.15, -0.1) is 0 Å². The Labute approximate surface area is 280 Å². The summed E-state index contributed by atoms with van der Waals surface area (Å²) >= 11 is 3.44. The lowest BCUT2D eigenvalue weighted by molar-refractivity contribution is -0.140. The van der Waals surface area contributed by atoms with Crippen molar-refractivity contribution in [3.63, 3.8) is 0 Å². The normalized spacial score (nSPS) is 12.5. The predicted molar refractivity (Wildman–Crippen MR) is 185 cm³/mol. The van der Waals surface area contributed by atoms with E-state index in [1.807, 2.05) is 69.3 Å². The molecule has 0 spiro atoms. The largest absolute Gasteiger partial charge is 0.497 e. The third kappa shape index (κ3) is 8.98. The maximum atomic E-state index is 14.6. The highest BCUT2D eigenvalue weighted by Gasteiger charge is 2.35. The average molecular weight is 707 g/mol. The Morgan fingerprint density at radius 3 is 2.22 bits per heavy atom. The number of nitrogens with one attached hydrogen (secondary N) is 1. The van der Waals surface area contributed by atoms with Gasteiger partial charge >= 0.3 is 0 Å². The van der Waals surface area contributed by atoms with Crippen molar-refractivity contribution in [1.29, 1.82) is 0 Å². The Balaban J connectivity index is 1.82. The van der Waals surface area contributed by atoms with Gasteiger partial charge in [0.05, 0.1) is 17.7 Å². The van der Waals surface area contributed by atoms with Crippen LogP contribution in [0, 0.1) is 6.92 Å². The molecule has 0 aliphatic carbocycles. The number of nitrogens with zero attached hydrogens (tertiary/aromatic N) is 2. The fourth-order valence-corrected chi connectivity index (χ4v) is 6.75. The van der Waals surface area contributed by atoms with Crippen molar-refractivity contribution < 1.29 is 22.7 Å². The third-order valence-corrected chi connectivity index (χ3v) is 10.0. The van der Waals surface area contributed by atoms with Crippen molar-refractivity contribution in [2.75, 3.05) is 18.0 Å². The summed E-state index contributed by atoms with van der Waals surface area (Å²) in [6, 6.07) is 29.0. The smallest absolute Gasteiger partial charge is 0.264 e. The molecule has 4 aromatic carbocycles. The van der Waals surface area contributed by atoms with Crippen LogP contribution in [0.15, 0.2) is 112 Å². The van der Waals surface area contributed by atoms with Crippen LogP contribution >= 0.6 is 15.9 Å². The minimum atomic E-state index is -4.18. The number of aryl methyl sites for hydroxylation is 1. The Morgan fingerprint density at radius 2 is 1.57 bits per heavy atom. The zero-order valence-corrected chi connectivity index (χ0v) is 28.9. The Hall–Kier alpha value is -4.15. The number of amides is 2. The molecular formula is C36H40BrN3O5S. The molecule has 2 amide bonds. The number of rotatable bonds is 14. The van der Waals surface area contributed by atoms with Gasteiger partial charge in [-0.3, -0.25) is 13.9 Å². The maximum Gasteiger partial charge on any atom is 0.264 e. The standard InChI is InChI=1S/C36H40BrN3O5S/c1-5-27(3)38-36(42)34(22-28-11-7-6-8-12-28)39(24-29-13-9-16-32(21-29)45-4)35(41)25-40(31-15-10-14-30(37)23-31)46(43,44)33-19-17-26(2)18-20-33/h6-21,23,27,34H,5,22,24-25H2,1-4H3,(H,38,42)/t27-,34-/m1/s1. The first kappa shape index (κ1) is 34.7. The molecule has 0 aromatic heterocycles. The number of carbonyl (C=O) groups excluding carboxylic acids is 2. The van der Waals surface area contributed by atoms with E-state index >= 15 is 0 Å². The van der Waals surface area contributed by atoms with Gasteiger partial charge in [0, 0.05) is 23.5 Å². The summed E-state index contributed by atoms with van der Waals surface area (Å²) in [5, 5.41) is 3.05. The Kier molecular flexibility index (Phi) is 12.0. The van der Waals surface area contributed by atoms with E-state index in [4.69, 9.17) is 4.74 Å². The van der Waals surface area contributed by atoms with Crippen molar-refractivity contribution in [2.45, 2.75) is 57.1 Å². The number of ether oxygens (including phenoxy) is 1. The Morgan fingerprint density at radius 1 is 0.891 bits per heavy atom. The number of hydrogen-bond acceptors (Lipinski definition) is 5. The van der Waals surface area contributed by atoms with Crippen molar-refractivity contribution >= 4 is 43.5 Å². The molecule has 0 aliphatic rings. The summed E-state index contributed by atoms with van der Waals surface area (Å²) in [5.41, 5.74) is 2.82. The average Bonchev–Trinajstić information content (AvgIpc) is 3.05. The van der Waals surface area contributed by atoms with Gasteiger partial charge in [0.1, 0.15) is 18.3 Å². The van der Waals surface area contributed by atoms with E-state index in [2.05, 4.69) is 21.2 Å². The van der Waals surface area contributed by atoms with Crippen LogP contribution in [0.2, 0.25) is 0 Å². The molecule has 8 nitrogen and oxygen atoms in total. The molecule has 46 heavy (non-hydrogen) atoms. The molecule has 242 valence electrons. The number of halogens is 1. The van der Waals surface area contributed by atoms with Crippen molar-refractivity contribution in [3.8, 4) is 5.75 Å². The maximum absolute atomic E-state index is 14.6. The summed E-state index contributed by atoms with van der Waals surface area (Å²) in [5.74, 6) is -0.241. The van der Waals surface area contributed by atoms with Crippen molar-refractivity contribution in [3.05, 3.63) is 124 Å². The van der Waals surface area contributed by atoms with E-state index in [1.54, 1.807) is 49.6 Å². The quantitative estimate of drug-likeness (QED) is 0.161. The highest BCUT2D eigenvalue weighted by atomic mass is 79.9. The molecule has 0 saturated carbocycles. The summed E-state index contributed by atoms with van der Waals surface area (Å²) in [7, 11) is -2.62. The predicted octanol–water partition coefficient (Wildman–Crippen LogP) is 6.52. The van der Waals surface area contributed by atoms with Crippen LogP contribution in [0.3, 0.4) is 0 Å². The van der Waals surface area contributed by atoms with Crippen LogP contribution in [0.4, 0.5) is 5.69 Å². The lowest BCUT2D eigenvalue weighted by Crippen LogP contribution is -2.54. The molecule has 4 aromatic rings. The van der Waals surface area contributed by atoms with Crippen LogP contribution in [-0.4, -0.2) is 50.9 Å². The van der Waals surface area contributed by atoms with Gasteiger partial charge in [-0.1, -0.05) is 89.1 Å². The van der Waals surface area contributed by atoms with Crippen LogP contribution < -0.4 is 14.4 Å². The number of sulfonamides is 1. The highest BCUT2D eigenvalue weighted by molar-refractivity contribution is 9.10. The van der Waals surface area contributed by atoms with Crippen LogP contribution in [0.5, 0.6) is 5.75 Å². The summed E-state index contributed by atoms with van der Waals surface area (Å²) in [4.78, 5) is 30.1. The molecule has 0 aliphatic heterocycles. The third-order valence-electron chi connectivity index (χ3n) is 7.74. The van der Waals surface area contributed by atoms with Gasteiger partial charge in [-0.2, -0.15) is 0 Å². The lowest BCUT2D eigenvalue weighted by atomic mass is 10.0. The van der Waals surface area contributed by atoms with Crippen LogP contribution in [-0.2, 0) is 32.6 Å². The highest BCUT2D eigenvalue weighted by Crippen LogP contribution is 2.28. The first-order valence-electron chi connectivity index (χ1n) is 15.1. The van der Waals surface area contributed by atoms with Crippen LogP contribution in [0.25, 0.3) is 0 Å². The molecular weight excluding hydrogens is 666 g/mol. The monoisotopic (exact) mass is 705 g/mol. The minimum absolute atomic E-state index is 0.0539. The van der Waals surface area contributed by atoms with E-state index in [0.717, 1.165) is 21.0 Å². The molecule has 10 heteroatoms.